The van der Waals surface area contributed by atoms with Gasteiger partial charge in [0.2, 0.25) is 0 Å². The summed E-state index contributed by atoms with van der Waals surface area (Å²) in [4.78, 5) is 39.9. The van der Waals surface area contributed by atoms with E-state index < -0.39 is 23.9 Å². The third-order valence-electron chi connectivity index (χ3n) is 4.85. The van der Waals surface area contributed by atoms with Crippen LogP contribution in [0, 0.1) is 0 Å². The summed E-state index contributed by atoms with van der Waals surface area (Å²) < 4.78 is 0. The van der Waals surface area contributed by atoms with Crippen LogP contribution < -0.4 is 20.4 Å². The molecule has 0 aromatic heterocycles. The van der Waals surface area contributed by atoms with Crippen LogP contribution in [0.25, 0.3) is 24.3 Å². The normalized spacial score (nSPS) is 9.96. The zero-order valence-corrected chi connectivity index (χ0v) is 25.8. The quantitative estimate of drug-likeness (QED) is 0.201. The van der Waals surface area contributed by atoms with E-state index >= 15 is 0 Å². The van der Waals surface area contributed by atoms with Crippen molar-refractivity contribution in [2.24, 2.45) is 0 Å². The second-order valence-corrected chi connectivity index (χ2v) is 8.25. The van der Waals surface area contributed by atoms with Gasteiger partial charge < -0.3 is 39.6 Å². The third-order valence-corrected chi connectivity index (χ3v) is 4.85. The van der Waals surface area contributed by atoms with Gasteiger partial charge in [0.05, 0.1) is 23.9 Å². The Labute approximate surface area is 275 Å². The maximum absolute atomic E-state index is 9.97. The molecule has 9 heteroatoms. The molecular formula is C36H28MoO8. The van der Waals surface area contributed by atoms with Gasteiger partial charge in [-0.3, -0.25) is 0 Å². The summed E-state index contributed by atoms with van der Waals surface area (Å²) in [5, 5.41) is 39.9. The van der Waals surface area contributed by atoms with E-state index in [2.05, 4.69) is 0 Å². The molecule has 0 saturated carbocycles. The number of aliphatic carboxylic acids is 4. The second kappa shape index (κ2) is 25.0. The number of hydrogen-bond acceptors (Lipinski definition) is 8. The zero-order chi connectivity index (χ0) is 32.4. The van der Waals surface area contributed by atoms with Gasteiger partial charge in [0, 0.05) is 0 Å². The van der Waals surface area contributed by atoms with E-state index in [0.717, 1.165) is 46.6 Å². The van der Waals surface area contributed by atoms with Gasteiger partial charge in [-0.25, -0.2) is 0 Å². The first-order valence-corrected chi connectivity index (χ1v) is 12.9. The zero-order valence-electron chi connectivity index (χ0n) is 23.8. The number of carboxylic acids is 4. The van der Waals surface area contributed by atoms with Crippen LogP contribution in [0.5, 0.6) is 0 Å². The van der Waals surface area contributed by atoms with E-state index in [4.69, 9.17) is 0 Å². The molecule has 0 heterocycles. The van der Waals surface area contributed by atoms with Gasteiger partial charge in [0.15, 0.2) is 0 Å². The molecule has 4 rings (SSSR count). The van der Waals surface area contributed by atoms with Crippen molar-refractivity contribution in [2.45, 2.75) is 0 Å². The molecule has 0 spiro atoms. The van der Waals surface area contributed by atoms with E-state index in [1.54, 1.807) is 0 Å². The molecule has 226 valence electrons. The van der Waals surface area contributed by atoms with E-state index in [0.29, 0.717) is 0 Å². The number of benzene rings is 4. The van der Waals surface area contributed by atoms with E-state index in [1.165, 1.54) is 24.3 Å². The largest absolute Gasteiger partial charge is 4.00 e. The minimum absolute atomic E-state index is 0. The first-order chi connectivity index (χ1) is 21.2. The van der Waals surface area contributed by atoms with E-state index in [1.807, 2.05) is 121 Å². The number of carbonyl (C=O) groups excluding carboxylic acids is 4. The Morgan fingerprint density at radius 3 is 0.622 bits per heavy atom. The Hall–Kier alpha value is -5.59. The Morgan fingerprint density at radius 2 is 0.489 bits per heavy atom. The van der Waals surface area contributed by atoms with Crippen molar-refractivity contribution in [1.29, 1.82) is 0 Å². The minimum Gasteiger partial charge on any atom is -0.545 e. The van der Waals surface area contributed by atoms with Gasteiger partial charge in [-0.1, -0.05) is 146 Å². The molecule has 0 saturated heterocycles. The molecule has 0 bridgehead atoms. The topological polar surface area (TPSA) is 161 Å². The molecule has 45 heavy (non-hydrogen) atoms. The number of rotatable bonds is 8. The van der Waals surface area contributed by atoms with Crippen LogP contribution in [0.3, 0.4) is 0 Å². The summed E-state index contributed by atoms with van der Waals surface area (Å²) in [5.74, 6) is -4.69. The summed E-state index contributed by atoms with van der Waals surface area (Å²) in [5.41, 5.74) is 3.43. The molecule has 4 aromatic rings. The number of carbonyl (C=O) groups is 4. The van der Waals surface area contributed by atoms with Gasteiger partial charge in [0.25, 0.3) is 0 Å². The summed E-state index contributed by atoms with van der Waals surface area (Å²) in [7, 11) is 0. The standard InChI is InChI=1S/4C9H8O2.Mo/c4*10-9(11)7-6-8-4-2-1-3-5-8;/h4*1-7H,(H,10,11);/q;;;;+4/p-4. The summed E-state index contributed by atoms with van der Waals surface area (Å²) in [6.07, 6.45) is 10.0. The molecule has 0 unspecified atom stereocenters. The van der Waals surface area contributed by atoms with Crippen LogP contribution in [-0.4, -0.2) is 23.9 Å². The Kier molecular flexibility index (Phi) is 21.9. The van der Waals surface area contributed by atoms with Crippen molar-refractivity contribution < 1.29 is 60.7 Å². The molecule has 0 atom stereocenters. The average Bonchev–Trinajstić information content (AvgIpc) is 3.04. The Bertz CT molecular complexity index is 1290. The van der Waals surface area contributed by atoms with Crippen molar-refractivity contribution >= 4 is 48.2 Å². The molecule has 0 radical (unpaired) electrons. The SMILES string of the molecule is O=C([O-])C=Cc1ccccc1.O=C([O-])C=Cc1ccccc1.O=C([O-])C=Cc1ccccc1.O=C([O-])C=Cc1ccccc1.[Mo+4]. The van der Waals surface area contributed by atoms with Crippen molar-refractivity contribution in [2.75, 3.05) is 0 Å². The van der Waals surface area contributed by atoms with E-state index in [-0.39, 0.29) is 21.1 Å². The first kappa shape index (κ1) is 39.4. The molecule has 0 N–H and O–H groups in total. The van der Waals surface area contributed by atoms with Crippen LogP contribution in [0.1, 0.15) is 22.3 Å². The van der Waals surface area contributed by atoms with Gasteiger partial charge >= 0.3 is 21.1 Å². The Morgan fingerprint density at radius 1 is 0.333 bits per heavy atom. The van der Waals surface area contributed by atoms with Crippen molar-refractivity contribution in [3.05, 3.63) is 168 Å². The summed E-state index contributed by atoms with van der Waals surface area (Å²) in [6.45, 7) is 0. The molecule has 0 fully saturated rings. The molecular weight excluding hydrogens is 656 g/mol. The van der Waals surface area contributed by atoms with Crippen LogP contribution in [-0.2, 0) is 40.2 Å². The van der Waals surface area contributed by atoms with Crippen LogP contribution >= 0.6 is 0 Å². The van der Waals surface area contributed by atoms with Crippen LogP contribution in [0.15, 0.2) is 146 Å². The van der Waals surface area contributed by atoms with E-state index in [9.17, 15) is 39.6 Å². The molecule has 4 aromatic carbocycles. The maximum Gasteiger partial charge on any atom is 4.00 e. The predicted molar refractivity (Wildman–Crippen MR) is 162 cm³/mol. The van der Waals surface area contributed by atoms with Crippen LogP contribution in [0.4, 0.5) is 0 Å². The second-order valence-electron chi connectivity index (χ2n) is 8.25. The van der Waals surface area contributed by atoms with Gasteiger partial charge in [-0.15, -0.1) is 0 Å². The van der Waals surface area contributed by atoms with Crippen LogP contribution in [0.2, 0.25) is 0 Å². The number of carboxylic acid groups (broad SMARTS) is 4. The first-order valence-electron chi connectivity index (χ1n) is 12.9. The third kappa shape index (κ3) is 23.6. The smallest absolute Gasteiger partial charge is 0.545 e. The van der Waals surface area contributed by atoms with Crippen molar-refractivity contribution in [1.82, 2.24) is 0 Å². The maximum atomic E-state index is 9.97. The predicted octanol–water partition coefficient (Wildman–Crippen LogP) is 1.80. The molecule has 0 aliphatic carbocycles. The fourth-order valence-corrected chi connectivity index (χ4v) is 2.91. The minimum atomic E-state index is -1.17. The molecule has 0 amide bonds. The monoisotopic (exact) mass is 686 g/mol. The Balaban J connectivity index is 0.000000569. The molecule has 8 nitrogen and oxygen atoms in total. The molecule has 0 aliphatic heterocycles. The summed E-state index contributed by atoms with van der Waals surface area (Å²) >= 11 is 0. The van der Waals surface area contributed by atoms with Crippen molar-refractivity contribution in [3.63, 3.8) is 0 Å². The van der Waals surface area contributed by atoms with Gasteiger partial charge in [0.1, 0.15) is 0 Å². The average molecular weight is 685 g/mol. The number of hydrogen-bond donors (Lipinski definition) is 0. The molecule has 0 aliphatic rings. The fourth-order valence-electron chi connectivity index (χ4n) is 2.91. The van der Waals surface area contributed by atoms with Gasteiger partial charge in [-0.2, -0.15) is 0 Å². The van der Waals surface area contributed by atoms with Gasteiger partial charge in [-0.05, 0) is 46.6 Å². The summed E-state index contributed by atoms with van der Waals surface area (Å²) in [6, 6.07) is 36.8. The fraction of sp³-hybridized carbons (Fsp3) is 0. The van der Waals surface area contributed by atoms with Crippen molar-refractivity contribution in [3.8, 4) is 0 Å².